The molecule has 3 rings (SSSR count). The summed E-state index contributed by atoms with van der Waals surface area (Å²) in [6, 6.07) is 13.4. The Kier molecular flexibility index (Phi) is 5.32. The molecule has 0 spiro atoms. The van der Waals surface area contributed by atoms with Crippen LogP contribution in [-0.4, -0.2) is 42.8 Å². The van der Waals surface area contributed by atoms with Crippen molar-refractivity contribution in [3.05, 3.63) is 48.0 Å². The normalized spacial score (nSPS) is 12.0. The Balaban J connectivity index is 2.24. The van der Waals surface area contributed by atoms with Gasteiger partial charge in [-0.05, 0) is 24.3 Å². The number of benzene rings is 2. The number of aryl methyl sites for hydroxylation is 1. The monoisotopic (exact) mass is 387 g/mol. The van der Waals surface area contributed by atoms with Crippen molar-refractivity contribution >= 4 is 32.6 Å². The smallest absolute Gasteiger partial charge is 0.207 e. The molecule has 26 heavy (non-hydrogen) atoms. The Morgan fingerprint density at radius 1 is 1.04 bits per heavy atom. The van der Waals surface area contributed by atoms with E-state index in [4.69, 9.17) is 0 Å². The Bertz CT molecular complexity index is 1060. The Hall–Kier alpha value is -1.96. The molecule has 0 unspecified atom stereocenters. The molecule has 1 aromatic heterocycles. The van der Waals surface area contributed by atoms with Crippen LogP contribution in [0, 0.1) is 6.92 Å². The van der Waals surface area contributed by atoms with Crippen LogP contribution in [0.15, 0.2) is 52.4 Å². The fourth-order valence-corrected chi connectivity index (χ4v) is 4.61. The van der Waals surface area contributed by atoms with Crippen molar-refractivity contribution < 1.29 is 8.42 Å². The summed E-state index contributed by atoms with van der Waals surface area (Å²) in [4.78, 5) is 0.290. The topological polar surface area (TPSA) is 63.2 Å². The first-order valence-electron chi connectivity index (χ1n) is 8.28. The number of sulfonamides is 1. The summed E-state index contributed by atoms with van der Waals surface area (Å²) in [6.07, 6.45) is 0. The first-order valence-corrected chi connectivity index (χ1v) is 10.7. The van der Waals surface area contributed by atoms with Gasteiger partial charge < -0.3 is 0 Å². The lowest BCUT2D eigenvalue weighted by Crippen LogP contribution is -2.23. The minimum Gasteiger partial charge on any atom is -0.207 e. The molecule has 0 fully saturated rings. The Morgan fingerprint density at radius 3 is 2.38 bits per heavy atom. The lowest BCUT2D eigenvalue weighted by atomic mass is 10.0. The number of nitrogens with zero attached hydrogens (tertiary/aromatic N) is 3. The van der Waals surface area contributed by atoms with Crippen LogP contribution in [0.1, 0.15) is 12.5 Å². The van der Waals surface area contributed by atoms with E-state index >= 15 is 0 Å². The van der Waals surface area contributed by atoms with Gasteiger partial charge in [0.05, 0.1) is 4.90 Å². The highest BCUT2D eigenvalue weighted by molar-refractivity contribution is 7.99. The van der Waals surface area contributed by atoms with E-state index in [2.05, 4.69) is 17.1 Å². The number of rotatable bonds is 5. The standard InChI is InChI=1S/C19H21N3O2S2/c1-5-25-19-16-9-7-6-8-15(16)18(20-21-19)14-11-10-13(2)17(12-14)26(23,24)22(3)4/h6-12H,5H2,1-4H3. The fraction of sp³-hybridized carbons (Fsp3) is 0.263. The molecule has 0 aliphatic heterocycles. The predicted molar refractivity (Wildman–Crippen MR) is 107 cm³/mol. The SMILES string of the molecule is CCSc1nnc(-c2ccc(C)c(S(=O)(=O)N(C)C)c2)c2ccccc12. The second kappa shape index (κ2) is 7.34. The Morgan fingerprint density at radius 2 is 1.73 bits per heavy atom. The third-order valence-electron chi connectivity index (χ3n) is 4.15. The van der Waals surface area contributed by atoms with E-state index in [1.165, 1.54) is 18.4 Å². The van der Waals surface area contributed by atoms with Crippen LogP contribution >= 0.6 is 11.8 Å². The highest BCUT2D eigenvalue weighted by Gasteiger charge is 2.21. The van der Waals surface area contributed by atoms with Crippen molar-refractivity contribution in [2.75, 3.05) is 19.8 Å². The van der Waals surface area contributed by atoms with Crippen LogP contribution < -0.4 is 0 Å². The third-order valence-corrected chi connectivity index (χ3v) is 6.98. The minimum atomic E-state index is -3.53. The van der Waals surface area contributed by atoms with Crippen molar-refractivity contribution in [2.45, 2.75) is 23.8 Å². The van der Waals surface area contributed by atoms with Gasteiger partial charge in [0.15, 0.2) is 0 Å². The number of fused-ring (bicyclic) bond motifs is 1. The van der Waals surface area contributed by atoms with Crippen LogP contribution in [0.4, 0.5) is 0 Å². The molecule has 136 valence electrons. The number of aromatic nitrogens is 2. The van der Waals surface area contributed by atoms with Crippen LogP contribution in [-0.2, 0) is 10.0 Å². The van der Waals surface area contributed by atoms with Crippen LogP contribution in [0.3, 0.4) is 0 Å². The zero-order valence-electron chi connectivity index (χ0n) is 15.2. The number of hydrogen-bond acceptors (Lipinski definition) is 5. The van der Waals surface area contributed by atoms with E-state index in [0.29, 0.717) is 11.3 Å². The highest BCUT2D eigenvalue weighted by atomic mass is 32.2. The van der Waals surface area contributed by atoms with E-state index in [1.807, 2.05) is 36.4 Å². The van der Waals surface area contributed by atoms with E-state index in [9.17, 15) is 8.42 Å². The molecule has 0 aliphatic carbocycles. The lowest BCUT2D eigenvalue weighted by molar-refractivity contribution is 0.520. The molecule has 0 radical (unpaired) electrons. The summed E-state index contributed by atoms with van der Waals surface area (Å²) in [5.74, 6) is 0.910. The van der Waals surface area contributed by atoms with Crippen molar-refractivity contribution in [2.24, 2.45) is 0 Å². The summed E-state index contributed by atoms with van der Waals surface area (Å²) in [5, 5.41) is 11.7. The molecule has 3 aromatic rings. The zero-order valence-corrected chi connectivity index (χ0v) is 16.9. The van der Waals surface area contributed by atoms with Gasteiger partial charge in [0.25, 0.3) is 0 Å². The zero-order chi connectivity index (χ0) is 18.9. The van der Waals surface area contributed by atoms with E-state index in [0.717, 1.165) is 27.1 Å². The minimum absolute atomic E-state index is 0.290. The largest absolute Gasteiger partial charge is 0.242 e. The molecule has 0 saturated carbocycles. The second-order valence-corrected chi connectivity index (χ2v) is 9.47. The molecule has 7 heteroatoms. The molecule has 5 nitrogen and oxygen atoms in total. The maximum atomic E-state index is 12.6. The summed E-state index contributed by atoms with van der Waals surface area (Å²) < 4.78 is 26.5. The van der Waals surface area contributed by atoms with Gasteiger partial charge in [-0.3, -0.25) is 0 Å². The molecule has 1 heterocycles. The lowest BCUT2D eigenvalue weighted by Gasteiger charge is -2.15. The van der Waals surface area contributed by atoms with Gasteiger partial charge in [0, 0.05) is 30.4 Å². The first-order chi connectivity index (χ1) is 12.4. The maximum absolute atomic E-state index is 12.6. The summed E-state index contributed by atoms with van der Waals surface area (Å²) in [5.41, 5.74) is 2.14. The molecule has 0 saturated heterocycles. The second-order valence-electron chi connectivity index (χ2n) is 6.10. The van der Waals surface area contributed by atoms with Gasteiger partial charge >= 0.3 is 0 Å². The molecule has 0 amide bonds. The van der Waals surface area contributed by atoms with Gasteiger partial charge in [-0.25, -0.2) is 12.7 Å². The van der Waals surface area contributed by atoms with Crippen molar-refractivity contribution in [1.82, 2.24) is 14.5 Å². The average molecular weight is 388 g/mol. The highest BCUT2D eigenvalue weighted by Crippen LogP contribution is 2.33. The predicted octanol–water partition coefficient (Wildman–Crippen LogP) is 3.97. The van der Waals surface area contributed by atoms with E-state index < -0.39 is 10.0 Å². The molecular formula is C19H21N3O2S2. The van der Waals surface area contributed by atoms with Gasteiger partial charge in [0.1, 0.15) is 10.7 Å². The van der Waals surface area contributed by atoms with Crippen LogP contribution in [0.5, 0.6) is 0 Å². The summed E-state index contributed by atoms with van der Waals surface area (Å²) in [7, 11) is -0.457. The fourth-order valence-electron chi connectivity index (χ4n) is 2.76. The molecule has 0 aliphatic rings. The van der Waals surface area contributed by atoms with Gasteiger partial charge in [0.2, 0.25) is 10.0 Å². The van der Waals surface area contributed by atoms with Gasteiger partial charge in [-0.15, -0.1) is 22.0 Å². The number of thioether (sulfide) groups is 1. The summed E-state index contributed by atoms with van der Waals surface area (Å²) >= 11 is 1.65. The van der Waals surface area contributed by atoms with Crippen LogP contribution in [0.25, 0.3) is 22.0 Å². The van der Waals surface area contributed by atoms with Gasteiger partial charge in [-0.2, -0.15) is 0 Å². The number of hydrogen-bond donors (Lipinski definition) is 0. The van der Waals surface area contributed by atoms with Crippen molar-refractivity contribution in [3.63, 3.8) is 0 Å². The van der Waals surface area contributed by atoms with E-state index in [-0.39, 0.29) is 4.90 Å². The molecule has 0 N–H and O–H groups in total. The molecular weight excluding hydrogens is 366 g/mol. The van der Waals surface area contributed by atoms with Crippen LogP contribution in [0.2, 0.25) is 0 Å². The molecule has 0 bridgehead atoms. The average Bonchev–Trinajstić information content (AvgIpc) is 2.62. The van der Waals surface area contributed by atoms with E-state index in [1.54, 1.807) is 24.8 Å². The third kappa shape index (κ3) is 3.34. The summed E-state index contributed by atoms with van der Waals surface area (Å²) in [6.45, 7) is 3.87. The maximum Gasteiger partial charge on any atom is 0.242 e. The quantitative estimate of drug-likeness (QED) is 0.620. The van der Waals surface area contributed by atoms with Crippen molar-refractivity contribution in [3.8, 4) is 11.3 Å². The Labute approximate surface area is 158 Å². The van der Waals surface area contributed by atoms with Crippen molar-refractivity contribution in [1.29, 1.82) is 0 Å². The molecule has 2 aromatic carbocycles. The first kappa shape index (κ1) is 18.8. The van der Waals surface area contributed by atoms with Gasteiger partial charge in [-0.1, -0.05) is 43.3 Å². The molecule has 0 atom stereocenters.